The summed E-state index contributed by atoms with van der Waals surface area (Å²) >= 11 is 0. The number of hydrogen-bond donors (Lipinski definition) is 1. The zero-order valence-corrected chi connectivity index (χ0v) is 11.5. The first-order valence-corrected chi connectivity index (χ1v) is 6.75. The van der Waals surface area contributed by atoms with Gasteiger partial charge in [0, 0.05) is 12.6 Å². The lowest BCUT2D eigenvalue weighted by atomic mass is 10.1. The summed E-state index contributed by atoms with van der Waals surface area (Å²) in [5.41, 5.74) is 3.73. The topological polar surface area (TPSA) is 12.0 Å². The van der Waals surface area contributed by atoms with Crippen LogP contribution in [-0.4, -0.2) is 0 Å². The van der Waals surface area contributed by atoms with Gasteiger partial charge in [0.25, 0.3) is 0 Å². The fourth-order valence-corrected chi connectivity index (χ4v) is 2.03. The van der Waals surface area contributed by atoms with E-state index in [9.17, 15) is 4.39 Å². The zero-order chi connectivity index (χ0) is 13.7. The summed E-state index contributed by atoms with van der Waals surface area (Å²) in [5.74, 6) is -0.189. The molecule has 0 amide bonds. The summed E-state index contributed by atoms with van der Waals surface area (Å²) in [4.78, 5) is 0. The van der Waals surface area contributed by atoms with Crippen molar-refractivity contribution in [3.8, 4) is 0 Å². The van der Waals surface area contributed by atoms with Crippen LogP contribution in [0.15, 0.2) is 48.5 Å². The molecular formula is C17H20FN. The fourth-order valence-electron chi connectivity index (χ4n) is 2.03. The Morgan fingerprint density at radius 1 is 0.947 bits per heavy atom. The minimum Gasteiger partial charge on any atom is -0.306 e. The van der Waals surface area contributed by atoms with E-state index in [4.69, 9.17) is 0 Å². The average molecular weight is 257 g/mol. The molecule has 0 bridgehead atoms. The van der Waals surface area contributed by atoms with Crippen molar-refractivity contribution in [1.82, 2.24) is 5.32 Å². The lowest BCUT2D eigenvalue weighted by Crippen LogP contribution is -2.18. The minimum absolute atomic E-state index is 0.189. The molecule has 0 saturated heterocycles. The molecule has 19 heavy (non-hydrogen) atoms. The van der Waals surface area contributed by atoms with Crippen LogP contribution < -0.4 is 5.32 Å². The van der Waals surface area contributed by atoms with Gasteiger partial charge in [-0.2, -0.15) is 0 Å². The van der Waals surface area contributed by atoms with E-state index in [0.29, 0.717) is 0 Å². The predicted molar refractivity (Wildman–Crippen MR) is 77.5 cm³/mol. The van der Waals surface area contributed by atoms with E-state index >= 15 is 0 Å². The Bertz CT molecular complexity index is 502. The Morgan fingerprint density at radius 2 is 1.53 bits per heavy atom. The van der Waals surface area contributed by atoms with Crippen LogP contribution in [0, 0.1) is 5.82 Å². The van der Waals surface area contributed by atoms with Gasteiger partial charge in [-0.25, -0.2) is 4.39 Å². The van der Waals surface area contributed by atoms with Gasteiger partial charge in [-0.1, -0.05) is 43.3 Å². The summed E-state index contributed by atoms with van der Waals surface area (Å²) in [5, 5.41) is 3.45. The Hall–Kier alpha value is -1.67. The smallest absolute Gasteiger partial charge is 0.123 e. The summed E-state index contributed by atoms with van der Waals surface area (Å²) in [6, 6.07) is 15.5. The summed E-state index contributed by atoms with van der Waals surface area (Å²) in [7, 11) is 0. The SMILES string of the molecule is CCc1ccc(CN[C@@H](C)c2ccc(F)cc2)cc1. The number of rotatable bonds is 5. The molecule has 1 N–H and O–H groups in total. The van der Waals surface area contributed by atoms with Gasteiger partial charge < -0.3 is 5.32 Å². The molecule has 0 heterocycles. The van der Waals surface area contributed by atoms with Crippen LogP contribution in [0.1, 0.15) is 36.6 Å². The molecule has 0 unspecified atom stereocenters. The van der Waals surface area contributed by atoms with E-state index in [2.05, 4.69) is 43.4 Å². The highest BCUT2D eigenvalue weighted by Crippen LogP contribution is 2.14. The quantitative estimate of drug-likeness (QED) is 0.844. The standard InChI is InChI=1S/C17H20FN/c1-3-14-4-6-15(7-5-14)12-19-13(2)16-8-10-17(18)11-9-16/h4-11,13,19H,3,12H2,1-2H3/t13-/m0/s1. The van der Waals surface area contributed by atoms with E-state index in [1.54, 1.807) is 0 Å². The first-order chi connectivity index (χ1) is 9.19. The summed E-state index contributed by atoms with van der Waals surface area (Å²) < 4.78 is 12.9. The maximum Gasteiger partial charge on any atom is 0.123 e. The molecule has 2 aromatic rings. The Balaban J connectivity index is 1.92. The second-order valence-electron chi connectivity index (χ2n) is 4.82. The van der Waals surface area contributed by atoms with Crippen molar-refractivity contribution >= 4 is 0 Å². The molecule has 0 saturated carbocycles. The van der Waals surface area contributed by atoms with Crippen LogP contribution in [0.2, 0.25) is 0 Å². The first-order valence-electron chi connectivity index (χ1n) is 6.75. The largest absolute Gasteiger partial charge is 0.306 e. The van der Waals surface area contributed by atoms with Crippen molar-refractivity contribution < 1.29 is 4.39 Å². The van der Waals surface area contributed by atoms with Crippen molar-refractivity contribution in [2.75, 3.05) is 0 Å². The maximum atomic E-state index is 12.9. The minimum atomic E-state index is -0.189. The van der Waals surface area contributed by atoms with E-state index < -0.39 is 0 Å². The number of nitrogens with one attached hydrogen (secondary N) is 1. The van der Waals surface area contributed by atoms with Crippen molar-refractivity contribution in [2.24, 2.45) is 0 Å². The van der Waals surface area contributed by atoms with Crippen molar-refractivity contribution in [1.29, 1.82) is 0 Å². The lowest BCUT2D eigenvalue weighted by Gasteiger charge is -2.14. The highest BCUT2D eigenvalue weighted by atomic mass is 19.1. The Kier molecular flexibility index (Phi) is 4.69. The van der Waals surface area contributed by atoms with Crippen LogP contribution in [0.25, 0.3) is 0 Å². The number of benzene rings is 2. The molecule has 0 aromatic heterocycles. The predicted octanol–water partition coefficient (Wildman–Crippen LogP) is 4.24. The number of aryl methyl sites for hydroxylation is 1. The van der Waals surface area contributed by atoms with Crippen LogP contribution in [0.5, 0.6) is 0 Å². The van der Waals surface area contributed by atoms with E-state index in [1.807, 2.05) is 12.1 Å². The zero-order valence-electron chi connectivity index (χ0n) is 11.5. The van der Waals surface area contributed by atoms with Gasteiger partial charge in [-0.15, -0.1) is 0 Å². The van der Waals surface area contributed by atoms with Gasteiger partial charge in [0.1, 0.15) is 5.82 Å². The number of halogens is 1. The third-order valence-corrected chi connectivity index (χ3v) is 3.41. The van der Waals surface area contributed by atoms with Gasteiger partial charge in [-0.05, 0) is 42.2 Å². The van der Waals surface area contributed by atoms with Crippen molar-refractivity contribution in [3.05, 3.63) is 71.0 Å². The fraction of sp³-hybridized carbons (Fsp3) is 0.294. The molecule has 2 heteroatoms. The molecule has 0 fully saturated rings. The van der Waals surface area contributed by atoms with Crippen molar-refractivity contribution in [2.45, 2.75) is 32.9 Å². The van der Waals surface area contributed by atoms with Crippen molar-refractivity contribution in [3.63, 3.8) is 0 Å². The van der Waals surface area contributed by atoms with E-state index in [0.717, 1.165) is 18.5 Å². The van der Waals surface area contributed by atoms with Gasteiger partial charge in [-0.3, -0.25) is 0 Å². The second kappa shape index (κ2) is 6.48. The molecule has 0 aliphatic rings. The molecule has 0 radical (unpaired) electrons. The van der Waals surface area contributed by atoms with Gasteiger partial charge in [0.05, 0.1) is 0 Å². The third kappa shape index (κ3) is 3.90. The monoisotopic (exact) mass is 257 g/mol. The molecule has 100 valence electrons. The van der Waals surface area contributed by atoms with Crippen LogP contribution in [0.4, 0.5) is 4.39 Å². The molecule has 1 nitrogen and oxygen atoms in total. The van der Waals surface area contributed by atoms with E-state index in [1.165, 1.54) is 23.3 Å². The van der Waals surface area contributed by atoms with Gasteiger partial charge in [0.15, 0.2) is 0 Å². The summed E-state index contributed by atoms with van der Waals surface area (Å²) in [6.45, 7) is 5.07. The van der Waals surface area contributed by atoms with Gasteiger partial charge >= 0.3 is 0 Å². The molecule has 0 aliphatic heterocycles. The Labute approximate surface area is 114 Å². The third-order valence-electron chi connectivity index (χ3n) is 3.41. The lowest BCUT2D eigenvalue weighted by molar-refractivity contribution is 0.571. The molecule has 2 aromatic carbocycles. The van der Waals surface area contributed by atoms with Crippen LogP contribution in [0.3, 0.4) is 0 Å². The summed E-state index contributed by atoms with van der Waals surface area (Å²) in [6.07, 6.45) is 1.07. The molecular weight excluding hydrogens is 237 g/mol. The van der Waals surface area contributed by atoms with Crippen LogP contribution >= 0.6 is 0 Å². The molecule has 1 atom stereocenters. The highest BCUT2D eigenvalue weighted by Gasteiger charge is 2.04. The Morgan fingerprint density at radius 3 is 2.11 bits per heavy atom. The molecule has 0 aliphatic carbocycles. The van der Waals surface area contributed by atoms with Crippen LogP contribution in [-0.2, 0) is 13.0 Å². The maximum absolute atomic E-state index is 12.9. The second-order valence-corrected chi connectivity index (χ2v) is 4.82. The average Bonchev–Trinajstić information content (AvgIpc) is 2.46. The first kappa shape index (κ1) is 13.8. The normalized spacial score (nSPS) is 12.4. The molecule has 0 spiro atoms. The van der Waals surface area contributed by atoms with E-state index in [-0.39, 0.29) is 11.9 Å². The molecule has 2 rings (SSSR count). The number of hydrogen-bond acceptors (Lipinski definition) is 1. The van der Waals surface area contributed by atoms with Gasteiger partial charge in [0.2, 0.25) is 0 Å². The highest BCUT2D eigenvalue weighted by molar-refractivity contribution is 5.23.